The van der Waals surface area contributed by atoms with Crippen molar-refractivity contribution in [2.75, 3.05) is 6.61 Å². The van der Waals surface area contributed by atoms with Crippen LogP contribution in [0.3, 0.4) is 0 Å². The van der Waals surface area contributed by atoms with Crippen LogP contribution in [0, 0.1) is 0 Å². The number of ether oxygens (including phenoxy) is 1. The lowest BCUT2D eigenvalue weighted by Gasteiger charge is -1.99. The molecule has 14 heavy (non-hydrogen) atoms. The van der Waals surface area contributed by atoms with Gasteiger partial charge in [-0.1, -0.05) is 0 Å². The van der Waals surface area contributed by atoms with Crippen LogP contribution in [0.4, 0.5) is 0 Å². The standard InChI is InChI=1S/C9H13NO2S.ClH/c1-3-12-9(11)8-5-4-7(13-8)6(2)10;/h4-6H,3,10H2,1-2H3;1H. The zero-order valence-electron chi connectivity index (χ0n) is 8.15. The quantitative estimate of drug-likeness (QED) is 0.819. The van der Waals surface area contributed by atoms with Crippen molar-refractivity contribution in [3.05, 3.63) is 21.9 Å². The summed E-state index contributed by atoms with van der Waals surface area (Å²) in [6, 6.07) is 3.59. The molecule has 2 N–H and O–H groups in total. The highest BCUT2D eigenvalue weighted by atomic mass is 35.5. The number of hydrogen-bond donors (Lipinski definition) is 1. The number of hydrogen-bond acceptors (Lipinski definition) is 4. The lowest BCUT2D eigenvalue weighted by atomic mass is 10.3. The van der Waals surface area contributed by atoms with Crippen LogP contribution >= 0.6 is 23.7 Å². The second kappa shape index (κ2) is 6.01. The Hall–Kier alpha value is -0.580. The largest absolute Gasteiger partial charge is 0.462 e. The maximum Gasteiger partial charge on any atom is 0.348 e. The molecular formula is C9H14ClNO2S. The van der Waals surface area contributed by atoms with Gasteiger partial charge in [0.2, 0.25) is 0 Å². The molecule has 0 saturated heterocycles. The van der Waals surface area contributed by atoms with Crippen LogP contribution in [-0.4, -0.2) is 12.6 Å². The molecule has 1 unspecified atom stereocenters. The van der Waals surface area contributed by atoms with Crippen LogP contribution in [0.1, 0.15) is 34.4 Å². The number of nitrogens with two attached hydrogens (primary N) is 1. The minimum absolute atomic E-state index is 0. The number of carbonyl (C=O) groups is 1. The van der Waals surface area contributed by atoms with Gasteiger partial charge in [0.15, 0.2) is 0 Å². The molecule has 0 spiro atoms. The third-order valence-electron chi connectivity index (χ3n) is 1.55. The molecule has 0 aliphatic heterocycles. The van der Waals surface area contributed by atoms with E-state index in [-0.39, 0.29) is 24.4 Å². The molecule has 0 saturated carbocycles. The number of rotatable bonds is 3. The summed E-state index contributed by atoms with van der Waals surface area (Å²) in [6.07, 6.45) is 0. The third kappa shape index (κ3) is 3.29. The Labute approximate surface area is 93.7 Å². The van der Waals surface area contributed by atoms with Crippen molar-refractivity contribution in [1.29, 1.82) is 0 Å². The molecule has 3 nitrogen and oxygen atoms in total. The minimum Gasteiger partial charge on any atom is -0.462 e. The van der Waals surface area contributed by atoms with Crippen molar-refractivity contribution in [2.24, 2.45) is 5.73 Å². The topological polar surface area (TPSA) is 52.3 Å². The highest BCUT2D eigenvalue weighted by molar-refractivity contribution is 7.14. The van der Waals surface area contributed by atoms with Gasteiger partial charge in [-0.2, -0.15) is 0 Å². The lowest BCUT2D eigenvalue weighted by Crippen LogP contribution is -2.03. The smallest absolute Gasteiger partial charge is 0.348 e. The molecule has 0 bridgehead atoms. The van der Waals surface area contributed by atoms with E-state index in [4.69, 9.17) is 10.5 Å². The molecule has 5 heteroatoms. The Morgan fingerprint density at radius 2 is 2.29 bits per heavy atom. The van der Waals surface area contributed by atoms with E-state index >= 15 is 0 Å². The van der Waals surface area contributed by atoms with E-state index in [9.17, 15) is 4.79 Å². The molecule has 0 aliphatic rings. The van der Waals surface area contributed by atoms with Gasteiger partial charge in [0, 0.05) is 10.9 Å². The maximum absolute atomic E-state index is 11.2. The zero-order chi connectivity index (χ0) is 9.84. The molecule has 0 amide bonds. The van der Waals surface area contributed by atoms with E-state index in [2.05, 4.69) is 0 Å². The number of carbonyl (C=O) groups excluding carboxylic acids is 1. The van der Waals surface area contributed by atoms with Gasteiger partial charge in [0.05, 0.1) is 6.61 Å². The zero-order valence-corrected chi connectivity index (χ0v) is 9.78. The van der Waals surface area contributed by atoms with Crippen molar-refractivity contribution in [2.45, 2.75) is 19.9 Å². The van der Waals surface area contributed by atoms with Gasteiger partial charge < -0.3 is 10.5 Å². The Kier molecular flexibility index (Phi) is 5.76. The van der Waals surface area contributed by atoms with E-state index < -0.39 is 0 Å². The van der Waals surface area contributed by atoms with Gasteiger partial charge in [-0.3, -0.25) is 0 Å². The predicted octanol–water partition coefficient (Wildman–Crippen LogP) is 2.37. The van der Waals surface area contributed by atoms with Crippen LogP contribution in [0.5, 0.6) is 0 Å². The summed E-state index contributed by atoms with van der Waals surface area (Å²) in [5, 5.41) is 0. The van der Waals surface area contributed by atoms with E-state index in [1.165, 1.54) is 11.3 Å². The minimum atomic E-state index is -0.264. The Morgan fingerprint density at radius 1 is 1.64 bits per heavy atom. The van der Waals surface area contributed by atoms with Gasteiger partial charge in [-0.05, 0) is 26.0 Å². The number of halogens is 1. The summed E-state index contributed by atoms with van der Waals surface area (Å²) in [5.74, 6) is -0.264. The fourth-order valence-electron chi connectivity index (χ4n) is 0.909. The van der Waals surface area contributed by atoms with E-state index in [0.717, 1.165) is 4.88 Å². The molecule has 1 aromatic heterocycles. The van der Waals surface area contributed by atoms with Gasteiger partial charge in [-0.15, -0.1) is 23.7 Å². The third-order valence-corrected chi connectivity index (χ3v) is 2.82. The molecule has 1 atom stereocenters. The number of esters is 1. The fourth-order valence-corrected chi connectivity index (χ4v) is 1.76. The van der Waals surface area contributed by atoms with E-state index in [1.807, 2.05) is 13.0 Å². The van der Waals surface area contributed by atoms with Crippen LogP contribution in [-0.2, 0) is 4.74 Å². The highest BCUT2D eigenvalue weighted by Gasteiger charge is 2.11. The summed E-state index contributed by atoms with van der Waals surface area (Å²) < 4.78 is 4.85. The Balaban J connectivity index is 0.00000169. The Bertz CT molecular complexity index is 299. The van der Waals surface area contributed by atoms with Gasteiger partial charge in [-0.25, -0.2) is 4.79 Å². The molecular weight excluding hydrogens is 222 g/mol. The van der Waals surface area contributed by atoms with Crippen molar-refractivity contribution in [3.8, 4) is 0 Å². The average molecular weight is 236 g/mol. The van der Waals surface area contributed by atoms with E-state index in [0.29, 0.717) is 11.5 Å². The summed E-state index contributed by atoms with van der Waals surface area (Å²) in [7, 11) is 0. The highest BCUT2D eigenvalue weighted by Crippen LogP contribution is 2.21. The molecule has 0 fully saturated rings. The first-order valence-corrected chi connectivity index (χ1v) is 4.99. The maximum atomic E-state index is 11.2. The molecule has 80 valence electrons. The average Bonchev–Trinajstić information content (AvgIpc) is 2.52. The summed E-state index contributed by atoms with van der Waals surface area (Å²) in [6.45, 7) is 4.09. The summed E-state index contributed by atoms with van der Waals surface area (Å²) >= 11 is 1.39. The van der Waals surface area contributed by atoms with Crippen molar-refractivity contribution in [3.63, 3.8) is 0 Å². The van der Waals surface area contributed by atoms with Crippen LogP contribution in [0.25, 0.3) is 0 Å². The first-order chi connectivity index (χ1) is 6.15. The van der Waals surface area contributed by atoms with Crippen LogP contribution in [0.15, 0.2) is 12.1 Å². The van der Waals surface area contributed by atoms with Crippen LogP contribution < -0.4 is 5.73 Å². The second-order valence-electron chi connectivity index (χ2n) is 2.71. The van der Waals surface area contributed by atoms with Crippen LogP contribution in [0.2, 0.25) is 0 Å². The summed E-state index contributed by atoms with van der Waals surface area (Å²) in [4.78, 5) is 12.9. The van der Waals surface area contributed by atoms with Gasteiger partial charge >= 0.3 is 5.97 Å². The second-order valence-corrected chi connectivity index (χ2v) is 3.83. The summed E-state index contributed by atoms with van der Waals surface area (Å²) in [5.41, 5.74) is 5.66. The molecule has 1 rings (SSSR count). The molecule has 1 heterocycles. The molecule has 0 aromatic carbocycles. The predicted molar refractivity (Wildman–Crippen MR) is 60.1 cm³/mol. The van der Waals surface area contributed by atoms with Crippen molar-refractivity contribution < 1.29 is 9.53 Å². The normalized spacial score (nSPS) is 11.6. The van der Waals surface area contributed by atoms with Gasteiger partial charge in [0.25, 0.3) is 0 Å². The van der Waals surface area contributed by atoms with Crippen molar-refractivity contribution >= 4 is 29.7 Å². The Morgan fingerprint density at radius 3 is 2.71 bits per heavy atom. The first kappa shape index (κ1) is 13.4. The van der Waals surface area contributed by atoms with E-state index in [1.54, 1.807) is 13.0 Å². The monoisotopic (exact) mass is 235 g/mol. The molecule has 0 aliphatic carbocycles. The number of thiophene rings is 1. The SMILES string of the molecule is CCOC(=O)c1ccc(C(C)N)s1.Cl. The first-order valence-electron chi connectivity index (χ1n) is 4.17. The molecule has 0 radical (unpaired) electrons. The van der Waals surface area contributed by atoms with Crippen molar-refractivity contribution in [1.82, 2.24) is 0 Å². The lowest BCUT2D eigenvalue weighted by molar-refractivity contribution is 0.0532. The van der Waals surface area contributed by atoms with Gasteiger partial charge in [0.1, 0.15) is 4.88 Å². The molecule has 1 aromatic rings. The fraction of sp³-hybridized carbons (Fsp3) is 0.444.